The van der Waals surface area contributed by atoms with Crippen LogP contribution in [0.2, 0.25) is 0 Å². The first-order valence-corrected chi connectivity index (χ1v) is 6.80. The van der Waals surface area contributed by atoms with Crippen molar-refractivity contribution in [3.05, 3.63) is 52.8 Å². The van der Waals surface area contributed by atoms with Gasteiger partial charge in [0.25, 0.3) is 0 Å². The van der Waals surface area contributed by atoms with Gasteiger partial charge in [-0.2, -0.15) is 5.26 Å². The van der Waals surface area contributed by atoms with Crippen molar-refractivity contribution in [1.29, 1.82) is 5.26 Å². The minimum atomic E-state index is -0.284. The number of nitrogens with zero attached hydrogens (tertiary/aromatic N) is 3. The van der Waals surface area contributed by atoms with Gasteiger partial charge < -0.3 is 10.5 Å². The van der Waals surface area contributed by atoms with Gasteiger partial charge in [0, 0.05) is 18.1 Å². The van der Waals surface area contributed by atoms with Crippen molar-refractivity contribution in [2.24, 2.45) is 5.73 Å². The van der Waals surface area contributed by atoms with Crippen LogP contribution >= 0.6 is 0 Å². The molecule has 3 N–H and O–H groups in total. The molecular weight excluding hydrogens is 266 g/mol. The summed E-state index contributed by atoms with van der Waals surface area (Å²) in [5.74, 6) is 0.268. The average molecular weight is 281 g/mol. The van der Waals surface area contributed by atoms with Gasteiger partial charge in [0.2, 0.25) is 11.8 Å². The number of ether oxygens (including phenoxy) is 1. The quantitative estimate of drug-likeness (QED) is 0.895. The van der Waals surface area contributed by atoms with Gasteiger partial charge in [0.1, 0.15) is 11.6 Å². The van der Waals surface area contributed by atoms with Crippen molar-refractivity contribution >= 4 is 0 Å². The molecule has 0 unspecified atom stereocenters. The SMILES string of the molecule is CCCc1[nH]nc2c1[C@@H](c1cccnc1)C(C#N)=C(N)O2. The van der Waals surface area contributed by atoms with Gasteiger partial charge >= 0.3 is 0 Å². The summed E-state index contributed by atoms with van der Waals surface area (Å²) in [7, 11) is 0. The van der Waals surface area contributed by atoms with Crippen LogP contribution in [-0.4, -0.2) is 15.2 Å². The molecule has 0 bridgehead atoms. The van der Waals surface area contributed by atoms with E-state index >= 15 is 0 Å². The molecule has 0 aliphatic carbocycles. The minimum Gasteiger partial charge on any atom is -0.420 e. The zero-order valence-electron chi connectivity index (χ0n) is 11.6. The molecule has 3 heterocycles. The first kappa shape index (κ1) is 13.2. The second-order valence-electron chi connectivity index (χ2n) is 4.88. The highest BCUT2D eigenvalue weighted by Crippen LogP contribution is 2.42. The standard InChI is InChI=1S/C15H15N5O/c1-2-4-11-13-12(9-5-3-6-18-8-9)10(7-16)14(17)21-15(13)20-19-11/h3,5-6,8,12H,2,4,17H2,1H3,(H,19,20)/t12-/m0/s1. The molecular formula is C15H15N5O. The summed E-state index contributed by atoms with van der Waals surface area (Å²) in [6.45, 7) is 2.09. The van der Waals surface area contributed by atoms with Crippen LogP contribution in [0.4, 0.5) is 0 Å². The lowest BCUT2D eigenvalue weighted by Gasteiger charge is -2.23. The monoisotopic (exact) mass is 281 g/mol. The van der Waals surface area contributed by atoms with Crippen LogP contribution < -0.4 is 10.5 Å². The topological polar surface area (TPSA) is 101 Å². The molecule has 1 atom stereocenters. The van der Waals surface area contributed by atoms with Crippen LogP contribution in [0, 0.1) is 11.3 Å². The van der Waals surface area contributed by atoms with Crippen molar-refractivity contribution in [1.82, 2.24) is 15.2 Å². The lowest BCUT2D eigenvalue weighted by atomic mass is 9.84. The second-order valence-corrected chi connectivity index (χ2v) is 4.88. The van der Waals surface area contributed by atoms with Crippen LogP contribution in [0.15, 0.2) is 36.0 Å². The van der Waals surface area contributed by atoms with Crippen molar-refractivity contribution in [3.63, 3.8) is 0 Å². The molecule has 21 heavy (non-hydrogen) atoms. The van der Waals surface area contributed by atoms with E-state index in [2.05, 4.69) is 28.2 Å². The summed E-state index contributed by atoms with van der Waals surface area (Å²) >= 11 is 0. The molecule has 3 rings (SSSR count). The average Bonchev–Trinajstić information content (AvgIpc) is 2.89. The van der Waals surface area contributed by atoms with Crippen LogP contribution in [0.3, 0.4) is 0 Å². The predicted octanol–water partition coefficient (Wildman–Crippen LogP) is 1.98. The maximum atomic E-state index is 9.46. The molecule has 6 nitrogen and oxygen atoms in total. The number of hydrogen-bond donors (Lipinski definition) is 2. The highest BCUT2D eigenvalue weighted by Gasteiger charge is 2.34. The molecule has 2 aromatic rings. The number of fused-ring (bicyclic) bond motifs is 1. The van der Waals surface area contributed by atoms with Crippen molar-refractivity contribution in [2.45, 2.75) is 25.7 Å². The molecule has 0 saturated heterocycles. The summed E-state index contributed by atoms with van der Waals surface area (Å²) in [6, 6.07) is 5.94. The Morgan fingerprint density at radius 2 is 2.38 bits per heavy atom. The molecule has 0 radical (unpaired) electrons. The largest absolute Gasteiger partial charge is 0.420 e. The highest BCUT2D eigenvalue weighted by atomic mass is 16.5. The summed E-state index contributed by atoms with van der Waals surface area (Å²) in [5.41, 5.74) is 9.03. The van der Waals surface area contributed by atoms with E-state index < -0.39 is 0 Å². The summed E-state index contributed by atoms with van der Waals surface area (Å²) in [4.78, 5) is 4.14. The van der Waals surface area contributed by atoms with Gasteiger partial charge in [-0.15, -0.1) is 5.10 Å². The fourth-order valence-corrected chi connectivity index (χ4v) is 2.63. The Labute approximate surface area is 122 Å². The number of allylic oxidation sites excluding steroid dienone is 1. The molecule has 2 aromatic heterocycles. The van der Waals surface area contributed by atoms with Gasteiger partial charge in [0.15, 0.2) is 0 Å². The number of rotatable bonds is 3. The number of hydrogen-bond acceptors (Lipinski definition) is 5. The summed E-state index contributed by atoms with van der Waals surface area (Å²) in [5, 5.41) is 16.6. The Morgan fingerprint density at radius 3 is 3.05 bits per heavy atom. The Hall–Kier alpha value is -2.81. The number of aromatic nitrogens is 3. The summed E-state index contributed by atoms with van der Waals surface area (Å²) < 4.78 is 5.49. The molecule has 0 fully saturated rings. The fourth-order valence-electron chi connectivity index (χ4n) is 2.63. The third-order valence-corrected chi connectivity index (χ3v) is 3.54. The van der Waals surface area contributed by atoms with E-state index in [1.165, 1.54) is 0 Å². The van der Waals surface area contributed by atoms with E-state index in [9.17, 15) is 5.26 Å². The molecule has 0 amide bonds. The van der Waals surface area contributed by atoms with Crippen LogP contribution in [0.25, 0.3) is 0 Å². The van der Waals surface area contributed by atoms with Crippen molar-refractivity contribution in [2.75, 3.05) is 0 Å². The maximum Gasteiger partial charge on any atom is 0.244 e. The van der Waals surface area contributed by atoms with E-state index in [1.807, 2.05) is 12.1 Å². The van der Waals surface area contributed by atoms with Gasteiger partial charge in [-0.25, -0.2) is 0 Å². The first-order chi connectivity index (χ1) is 10.3. The van der Waals surface area contributed by atoms with E-state index in [4.69, 9.17) is 10.5 Å². The zero-order valence-corrected chi connectivity index (χ0v) is 11.6. The number of nitrogens with one attached hydrogen (secondary N) is 1. The Kier molecular flexibility index (Phi) is 3.32. The Morgan fingerprint density at radius 1 is 1.52 bits per heavy atom. The van der Waals surface area contributed by atoms with Crippen LogP contribution in [-0.2, 0) is 6.42 Å². The van der Waals surface area contributed by atoms with Crippen LogP contribution in [0.5, 0.6) is 5.88 Å². The van der Waals surface area contributed by atoms with Gasteiger partial charge in [-0.05, 0) is 18.1 Å². The summed E-state index contributed by atoms with van der Waals surface area (Å²) in [6.07, 6.45) is 5.24. The Balaban J connectivity index is 2.20. The van der Waals surface area contributed by atoms with Gasteiger partial charge in [-0.1, -0.05) is 19.4 Å². The van der Waals surface area contributed by atoms with Gasteiger partial charge in [0.05, 0.1) is 11.5 Å². The lowest BCUT2D eigenvalue weighted by molar-refractivity contribution is 0.378. The first-order valence-electron chi connectivity index (χ1n) is 6.80. The van der Waals surface area contributed by atoms with E-state index in [0.717, 1.165) is 29.7 Å². The predicted molar refractivity (Wildman–Crippen MR) is 76.1 cm³/mol. The third kappa shape index (κ3) is 2.13. The second kappa shape index (κ2) is 5.29. The lowest BCUT2D eigenvalue weighted by Crippen LogP contribution is -2.21. The smallest absolute Gasteiger partial charge is 0.244 e. The minimum absolute atomic E-state index is 0.105. The molecule has 6 heteroatoms. The van der Waals surface area contributed by atoms with Crippen LogP contribution in [0.1, 0.15) is 36.1 Å². The highest BCUT2D eigenvalue weighted by molar-refractivity contribution is 5.54. The third-order valence-electron chi connectivity index (χ3n) is 3.54. The van der Waals surface area contributed by atoms with E-state index in [-0.39, 0.29) is 11.8 Å². The Bertz CT molecular complexity index is 726. The molecule has 1 aliphatic heterocycles. The maximum absolute atomic E-state index is 9.46. The number of nitriles is 1. The number of aryl methyl sites for hydroxylation is 1. The molecule has 0 aromatic carbocycles. The zero-order chi connectivity index (χ0) is 14.8. The number of pyridine rings is 1. The van der Waals surface area contributed by atoms with Crippen molar-refractivity contribution < 1.29 is 4.74 Å². The normalized spacial score (nSPS) is 17.0. The number of nitrogens with two attached hydrogens (primary N) is 1. The van der Waals surface area contributed by atoms with E-state index in [1.54, 1.807) is 12.4 Å². The number of aromatic amines is 1. The number of H-pyrrole nitrogens is 1. The van der Waals surface area contributed by atoms with Gasteiger partial charge in [-0.3, -0.25) is 10.1 Å². The molecule has 0 saturated carbocycles. The fraction of sp³-hybridized carbons (Fsp3) is 0.267. The molecule has 106 valence electrons. The van der Waals surface area contributed by atoms with Crippen molar-refractivity contribution in [3.8, 4) is 11.9 Å². The molecule has 0 spiro atoms. The molecule has 1 aliphatic rings. The van der Waals surface area contributed by atoms with E-state index in [0.29, 0.717) is 11.5 Å².